The fraction of sp³-hybridized carbons (Fsp3) is 0.515. The average Bonchev–Trinajstić information content (AvgIpc) is 3.30. The third-order valence-electron chi connectivity index (χ3n) is 8.98. The molecule has 4 nitrogen and oxygen atoms in total. The molecule has 2 fully saturated rings. The lowest BCUT2D eigenvalue weighted by Crippen LogP contribution is -2.53. The standard InChI is InChI=1S/C33H40O4S/c1-21(2)25-19-27(34)26(20-38-24-15-9-6-10-16-24)29-28-18-22(3)12-11-17-33(4,31(36-28)30(25)29)37-32(35)23-13-7-5-8-14-23/h5-10,12-16,21,25-26,28-31H,11,17-20H2,1-4H3/b22-12-/t25-,26-,28-,29-,30-,31-,33-/m1/s1. The normalized spacial score (nSPS) is 34.4. The van der Waals surface area contributed by atoms with Crippen molar-refractivity contribution in [1.82, 2.24) is 0 Å². The molecule has 2 aromatic rings. The van der Waals surface area contributed by atoms with Crippen molar-refractivity contribution < 1.29 is 19.1 Å². The van der Waals surface area contributed by atoms with Gasteiger partial charge in [0.2, 0.25) is 0 Å². The average molecular weight is 533 g/mol. The molecular weight excluding hydrogens is 492 g/mol. The number of Topliss-reactive ketones (excluding diaryl/α,β-unsaturated/α-hetero) is 1. The van der Waals surface area contributed by atoms with E-state index < -0.39 is 5.60 Å². The van der Waals surface area contributed by atoms with Gasteiger partial charge in [0.25, 0.3) is 0 Å². The fourth-order valence-corrected chi connectivity index (χ4v) is 8.15. The quantitative estimate of drug-likeness (QED) is 0.221. The smallest absolute Gasteiger partial charge is 0.338 e. The van der Waals surface area contributed by atoms with E-state index in [4.69, 9.17) is 9.47 Å². The summed E-state index contributed by atoms with van der Waals surface area (Å²) in [6.07, 6.45) is 4.91. The Kier molecular flexibility index (Phi) is 8.16. The van der Waals surface area contributed by atoms with Crippen LogP contribution in [0.4, 0.5) is 0 Å². The number of thioether (sulfide) groups is 1. The van der Waals surface area contributed by atoms with Gasteiger partial charge in [-0.2, -0.15) is 0 Å². The molecule has 1 aliphatic carbocycles. The van der Waals surface area contributed by atoms with Crippen molar-refractivity contribution in [2.45, 2.75) is 76.1 Å². The molecule has 1 saturated heterocycles. The topological polar surface area (TPSA) is 52.6 Å². The third kappa shape index (κ3) is 5.51. The highest BCUT2D eigenvalue weighted by Gasteiger charge is 2.61. The summed E-state index contributed by atoms with van der Waals surface area (Å²) in [5.74, 6) is 1.57. The predicted molar refractivity (Wildman–Crippen MR) is 152 cm³/mol. The van der Waals surface area contributed by atoms with Crippen molar-refractivity contribution in [3.8, 4) is 0 Å². The molecule has 2 bridgehead atoms. The molecule has 0 aromatic heterocycles. The lowest BCUT2D eigenvalue weighted by Gasteiger charge is -2.46. The number of carbonyl (C=O) groups is 2. The Hall–Kier alpha value is -2.37. The first-order valence-electron chi connectivity index (χ1n) is 14.1. The van der Waals surface area contributed by atoms with Gasteiger partial charge in [0.05, 0.1) is 11.7 Å². The van der Waals surface area contributed by atoms with Crippen LogP contribution in [0, 0.1) is 29.6 Å². The number of hydrogen-bond donors (Lipinski definition) is 0. The molecule has 38 heavy (non-hydrogen) atoms. The van der Waals surface area contributed by atoms with Gasteiger partial charge >= 0.3 is 5.97 Å². The van der Waals surface area contributed by atoms with E-state index in [9.17, 15) is 9.59 Å². The number of allylic oxidation sites excluding steroid dienone is 1. The third-order valence-corrected chi connectivity index (χ3v) is 10.1. The Balaban J connectivity index is 1.51. The van der Waals surface area contributed by atoms with Gasteiger partial charge in [-0.3, -0.25) is 4.79 Å². The first-order valence-corrected chi connectivity index (χ1v) is 15.1. The van der Waals surface area contributed by atoms with Gasteiger partial charge in [-0.15, -0.1) is 11.8 Å². The molecule has 0 amide bonds. The highest BCUT2D eigenvalue weighted by Crippen LogP contribution is 2.55. The second-order valence-corrected chi connectivity index (χ2v) is 13.0. The maximum Gasteiger partial charge on any atom is 0.338 e. The first kappa shape index (κ1) is 27.2. The SMILES string of the molecule is C/C1=C/CC[C@@](C)(OC(=O)c2ccccc2)[C@@H]2O[C@H](C1)[C@@H]1[C@H]2[C@@H](C(C)C)CC(=O)[C@H]1CSc1ccccc1. The molecule has 0 spiro atoms. The molecular formula is C33H40O4S. The van der Waals surface area contributed by atoms with Gasteiger partial charge in [-0.25, -0.2) is 4.79 Å². The summed E-state index contributed by atoms with van der Waals surface area (Å²) in [5, 5.41) is 0. The predicted octanol–water partition coefficient (Wildman–Crippen LogP) is 7.39. The second kappa shape index (κ2) is 11.4. The molecule has 2 aromatic carbocycles. The number of hydrogen-bond acceptors (Lipinski definition) is 5. The van der Waals surface area contributed by atoms with Crippen LogP contribution in [0.3, 0.4) is 0 Å². The number of esters is 1. The minimum atomic E-state index is -0.781. The molecule has 2 heterocycles. The maximum atomic E-state index is 13.7. The monoisotopic (exact) mass is 532 g/mol. The lowest BCUT2D eigenvalue weighted by molar-refractivity contribution is -0.135. The van der Waals surface area contributed by atoms with Gasteiger partial charge in [0, 0.05) is 28.9 Å². The van der Waals surface area contributed by atoms with E-state index in [0.717, 1.165) is 18.6 Å². The Labute approximate surface area is 231 Å². The zero-order chi connectivity index (χ0) is 26.9. The molecule has 0 radical (unpaired) electrons. The molecule has 3 aliphatic rings. The molecule has 2 aliphatic heterocycles. The zero-order valence-electron chi connectivity index (χ0n) is 23.0. The number of rotatable bonds is 6. The summed E-state index contributed by atoms with van der Waals surface area (Å²) < 4.78 is 13.4. The molecule has 1 saturated carbocycles. The van der Waals surface area contributed by atoms with E-state index in [-0.39, 0.29) is 41.8 Å². The van der Waals surface area contributed by atoms with Crippen LogP contribution in [-0.2, 0) is 14.3 Å². The number of carbonyl (C=O) groups excluding carboxylic acids is 2. The van der Waals surface area contributed by atoms with E-state index in [1.54, 1.807) is 23.9 Å². The van der Waals surface area contributed by atoms with Crippen LogP contribution in [0.5, 0.6) is 0 Å². The zero-order valence-corrected chi connectivity index (χ0v) is 23.8. The Morgan fingerprint density at radius 2 is 1.74 bits per heavy atom. The van der Waals surface area contributed by atoms with Crippen molar-refractivity contribution in [2.75, 3.05) is 5.75 Å². The Morgan fingerprint density at radius 3 is 2.42 bits per heavy atom. The van der Waals surface area contributed by atoms with E-state index in [0.29, 0.717) is 30.1 Å². The minimum Gasteiger partial charge on any atom is -0.453 e. The second-order valence-electron chi connectivity index (χ2n) is 11.9. The molecule has 5 heteroatoms. The summed E-state index contributed by atoms with van der Waals surface area (Å²) in [6.45, 7) is 8.68. The van der Waals surface area contributed by atoms with Crippen LogP contribution < -0.4 is 0 Å². The number of benzene rings is 2. The van der Waals surface area contributed by atoms with Crippen molar-refractivity contribution in [3.63, 3.8) is 0 Å². The van der Waals surface area contributed by atoms with Crippen LogP contribution in [0.15, 0.2) is 77.2 Å². The lowest BCUT2D eigenvalue weighted by atomic mass is 9.59. The van der Waals surface area contributed by atoms with Crippen molar-refractivity contribution >= 4 is 23.5 Å². The first-order chi connectivity index (χ1) is 18.3. The largest absolute Gasteiger partial charge is 0.453 e. The van der Waals surface area contributed by atoms with Gasteiger partial charge in [-0.05, 0) is 75.1 Å². The fourth-order valence-electron chi connectivity index (χ4n) is 7.02. The van der Waals surface area contributed by atoms with Crippen LogP contribution in [-0.4, -0.2) is 35.3 Å². The number of ketones is 1. The van der Waals surface area contributed by atoms with E-state index in [2.05, 4.69) is 45.9 Å². The summed E-state index contributed by atoms with van der Waals surface area (Å²) in [7, 11) is 0. The Bertz CT molecular complexity index is 1160. The molecule has 202 valence electrons. The maximum absolute atomic E-state index is 13.7. The van der Waals surface area contributed by atoms with Crippen molar-refractivity contribution in [2.24, 2.45) is 29.6 Å². The van der Waals surface area contributed by atoms with E-state index in [1.807, 2.05) is 36.4 Å². The van der Waals surface area contributed by atoms with Crippen LogP contribution in [0.25, 0.3) is 0 Å². The van der Waals surface area contributed by atoms with E-state index >= 15 is 0 Å². The van der Waals surface area contributed by atoms with Crippen molar-refractivity contribution in [3.05, 3.63) is 77.9 Å². The highest BCUT2D eigenvalue weighted by molar-refractivity contribution is 7.99. The summed E-state index contributed by atoms with van der Waals surface area (Å²) in [6, 6.07) is 19.6. The van der Waals surface area contributed by atoms with Crippen LogP contribution in [0.1, 0.15) is 63.7 Å². The summed E-state index contributed by atoms with van der Waals surface area (Å²) >= 11 is 1.77. The van der Waals surface area contributed by atoms with E-state index in [1.165, 1.54) is 10.5 Å². The molecule has 7 atom stereocenters. The van der Waals surface area contributed by atoms with Gasteiger partial charge in [0.15, 0.2) is 0 Å². The van der Waals surface area contributed by atoms with Crippen molar-refractivity contribution in [1.29, 1.82) is 0 Å². The highest BCUT2D eigenvalue weighted by atomic mass is 32.2. The van der Waals surface area contributed by atoms with Gasteiger partial charge in [0.1, 0.15) is 17.5 Å². The Morgan fingerprint density at radius 1 is 1.05 bits per heavy atom. The van der Waals surface area contributed by atoms with Gasteiger partial charge < -0.3 is 9.47 Å². The van der Waals surface area contributed by atoms with Crippen LogP contribution >= 0.6 is 11.8 Å². The number of fused-ring (bicyclic) bond motifs is 5. The summed E-state index contributed by atoms with van der Waals surface area (Å²) in [5.41, 5.74) is 1.07. The molecule has 0 unspecified atom stereocenters. The minimum absolute atomic E-state index is 0.0547. The van der Waals surface area contributed by atoms with Gasteiger partial charge in [-0.1, -0.05) is 61.9 Å². The molecule has 5 rings (SSSR count). The number of ether oxygens (including phenoxy) is 2. The van der Waals surface area contributed by atoms with Crippen LogP contribution in [0.2, 0.25) is 0 Å². The summed E-state index contributed by atoms with van der Waals surface area (Å²) in [4.78, 5) is 28.3. The molecule has 0 N–H and O–H groups in total.